The molecule has 4 nitrogen and oxygen atoms in total. The maximum atomic E-state index is 13.2. The number of hydrogen-bond acceptors (Lipinski definition) is 4. The zero-order valence-electron chi connectivity index (χ0n) is 16.6. The zero-order valence-corrected chi connectivity index (χ0v) is 16.6. The molecular formula is C23H22F3NO3. The van der Waals surface area contributed by atoms with Gasteiger partial charge in [-0.05, 0) is 49.6 Å². The molecule has 0 aromatic heterocycles. The Bertz CT molecular complexity index is 953. The van der Waals surface area contributed by atoms with E-state index in [-0.39, 0.29) is 5.56 Å². The Kier molecular flexibility index (Phi) is 8.73. The number of hydrogen-bond donors (Lipinski definition) is 1. The third-order valence-corrected chi connectivity index (χ3v) is 4.21. The maximum Gasteiger partial charge on any atom is 0.417 e. The van der Waals surface area contributed by atoms with Crippen LogP contribution >= 0.6 is 0 Å². The fourth-order valence-corrected chi connectivity index (χ4v) is 2.78. The molecule has 0 radical (unpaired) electrons. The van der Waals surface area contributed by atoms with E-state index in [1.54, 1.807) is 18.2 Å². The van der Waals surface area contributed by atoms with Crippen LogP contribution in [0.4, 0.5) is 13.2 Å². The van der Waals surface area contributed by atoms with Gasteiger partial charge in [0.25, 0.3) is 0 Å². The summed E-state index contributed by atoms with van der Waals surface area (Å²) in [5.41, 5.74) is 0.175. The van der Waals surface area contributed by atoms with Gasteiger partial charge in [-0.2, -0.15) is 18.4 Å². The molecule has 2 rings (SSSR count). The summed E-state index contributed by atoms with van der Waals surface area (Å²) < 4.78 is 50.4. The second-order valence-corrected chi connectivity index (χ2v) is 6.34. The number of benzene rings is 2. The fraction of sp³-hybridized carbons (Fsp3) is 0.348. The van der Waals surface area contributed by atoms with Crippen LogP contribution in [0.15, 0.2) is 36.4 Å². The molecular weight excluding hydrogens is 395 g/mol. The second kappa shape index (κ2) is 11.3. The van der Waals surface area contributed by atoms with Crippen LogP contribution in [-0.4, -0.2) is 31.5 Å². The molecule has 0 aliphatic carbocycles. The Labute approximate surface area is 173 Å². The van der Waals surface area contributed by atoms with Crippen molar-refractivity contribution in [3.05, 3.63) is 64.2 Å². The number of phenols is 1. The lowest BCUT2D eigenvalue weighted by Crippen LogP contribution is -2.07. The standard InChI is InChI=1S/C23H22F3NO3/c1-2-29-13-14-30-12-4-7-17-5-3-6-19(16-27)21(17)11-9-18-8-10-20(28)15-22(18)23(24,25)26/h3,5-6,8,10,15,28H,2,4,7,12-14H2,1H3. The topological polar surface area (TPSA) is 62.5 Å². The van der Waals surface area contributed by atoms with Gasteiger partial charge in [-0.1, -0.05) is 24.0 Å². The number of rotatable bonds is 8. The molecule has 1 N–H and O–H groups in total. The number of aromatic hydroxyl groups is 1. The summed E-state index contributed by atoms with van der Waals surface area (Å²) in [5, 5.41) is 18.8. The van der Waals surface area contributed by atoms with Gasteiger partial charge in [0, 0.05) is 24.3 Å². The average molecular weight is 417 g/mol. The number of aryl methyl sites for hydroxylation is 1. The monoisotopic (exact) mass is 417 g/mol. The molecule has 7 heteroatoms. The number of phenolic OH excluding ortho intramolecular Hbond substituents is 1. The molecule has 158 valence electrons. The summed E-state index contributed by atoms with van der Waals surface area (Å²) >= 11 is 0. The number of alkyl halides is 3. The van der Waals surface area contributed by atoms with E-state index >= 15 is 0 Å². The first kappa shape index (κ1) is 23.3. The van der Waals surface area contributed by atoms with Gasteiger partial charge < -0.3 is 14.6 Å². The van der Waals surface area contributed by atoms with Crippen molar-refractivity contribution in [3.63, 3.8) is 0 Å². The van der Waals surface area contributed by atoms with E-state index in [1.165, 1.54) is 0 Å². The molecule has 0 fully saturated rings. The Balaban J connectivity index is 2.22. The molecule has 0 bridgehead atoms. The molecule has 0 heterocycles. The zero-order chi connectivity index (χ0) is 22.0. The lowest BCUT2D eigenvalue weighted by molar-refractivity contribution is -0.137. The lowest BCUT2D eigenvalue weighted by Gasteiger charge is -2.10. The number of nitrogens with zero attached hydrogens (tertiary/aromatic N) is 1. The second-order valence-electron chi connectivity index (χ2n) is 6.34. The summed E-state index contributed by atoms with van der Waals surface area (Å²) in [4.78, 5) is 0. The van der Waals surface area contributed by atoms with Crippen LogP contribution in [0.5, 0.6) is 5.75 Å². The normalized spacial score (nSPS) is 10.9. The number of ether oxygens (including phenoxy) is 2. The number of halogens is 3. The minimum absolute atomic E-state index is 0.266. The Morgan fingerprint density at radius 1 is 1.00 bits per heavy atom. The van der Waals surface area contributed by atoms with Crippen molar-refractivity contribution in [3.8, 4) is 23.7 Å². The largest absolute Gasteiger partial charge is 0.508 e. The number of nitriles is 1. The van der Waals surface area contributed by atoms with Crippen LogP contribution in [0.25, 0.3) is 0 Å². The third-order valence-electron chi connectivity index (χ3n) is 4.21. The van der Waals surface area contributed by atoms with Crippen LogP contribution in [0.3, 0.4) is 0 Å². The minimum Gasteiger partial charge on any atom is -0.508 e. The quantitative estimate of drug-likeness (QED) is 0.501. The predicted molar refractivity (Wildman–Crippen MR) is 106 cm³/mol. The van der Waals surface area contributed by atoms with Gasteiger partial charge in [-0.25, -0.2) is 0 Å². The van der Waals surface area contributed by atoms with E-state index in [4.69, 9.17) is 9.47 Å². The summed E-state index contributed by atoms with van der Waals surface area (Å²) in [6.45, 7) is 4.03. The molecule has 0 amide bonds. The summed E-state index contributed by atoms with van der Waals surface area (Å²) in [7, 11) is 0. The van der Waals surface area contributed by atoms with Crippen LogP contribution in [0.1, 0.15) is 41.2 Å². The van der Waals surface area contributed by atoms with Gasteiger partial charge in [0.15, 0.2) is 0 Å². The highest BCUT2D eigenvalue weighted by atomic mass is 19.4. The molecule has 0 aliphatic heterocycles. The van der Waals surface area contributed by atoms with E-state index in [0.717, 1.165) is 17.7 Å². The average Bonchev–Trinajstić information content (AvgIpc) is 2.71. The van der Waals surface area contributed by atoms with Crippen molar-refractivity contribution < 1.29 is 27.8 Å². The third kappa shape index (κ3) is 6.81. The molecule has 0 unspecified atom stereocenters. The van der Waals surface area contributed by atoms with Gasteiger partial charge in [0.05, 0.1) is 24.3 Å². The van der Waals surface area contributed by atoms with Crippen LogP contribution in [-0.2, 0) is 22.1 Å². The first-order valence-corrected chi connectivity index (χ1v) is 9.46. The Hall–Kier alpha value is -3.00. The fourth-order valence-electron chi connectivity index (χ4n) is 2.78. The highest BCUT2D eigenvalue weighted by Gasteiger charge is 2.33. The smallest absolute Gasteiger partial charge is 0.417 e. The van der Waals surface area contributed by atoms with E-state index in [9.17, 15) is 23.5 Å². The van der Waals surface area contributed by atoms with Crippen molar-refractivity contribution in [2.75, 3.05) is 26.4 Å². The van der Waals surface area contributed by atoms with Crippen molar-refractivity contribution >= 4 is 0 Å². The molecule has 0 saturated carbocycles. The molecule has 0 atom stereocenters. The van der Waals surface area contributed by atoms with E-state index < -0.39 is 17.5 Å². The van der Waals surface area contributed by atoms with Crippen LogP contribution < -0.4 is 0 Å². The SMILES string of the molecule is CCOCCOCCCc1cccc(C#N)c1C#Cc1ccc(O)cc1C(F)(F)F. The van der Waals surface area contributed by atoms with Crippen molar-refractivity contribution in [1.82, 2.24) is 0 Å². The van der Waals surface area contributed by atoms with Crippen molar-refractivity contribution in [2.45, 2.75) is 25.9 Å². The van der Waals surface area contributed by atoms with E-state index in [2.05, 4.69) is 11.8 Å². The van der Waals surface area contributed by atoms with E-state index in [1.807, 2.05) is 13.0 Å². The molecule has 0 aliphatic rings. The lowest BCUT2D eigenvalue weighted by atomic mass is 9.97. The van der Waals surface area contributed by atoms with E-state index in [0.29, 0.717) is 56.5 Å². The van der Waals surface area contributed by atoms with Gasteiger partial charge in [0.2, 0.25) is 0 Å². The molecule has 30 heavy (non-hydrogen) atoms. The van der Waals surface area contributed by atoms with Crippen molar-refractivity contribution in [1.29, 1.82) is 5.26 Å². The van der Waals surface area contributed by atoms with Crippen LogP contribution in [0, 0.1) is 23.2 Å². The maximum absolute atomic E-state index is 13.2. The van der Waals surface area contributed by atoms with Gasteiger partial charge in [-0.3, -0.25) is 0 Å². The predicted octanol–water partition coefficient (Wildman–Crippen LogP) is 4.67. The summed E-state index contributed by atoms with van der Waals surface area (Å²) in [6.07, 6.45) is -3.42. The molecule has 0 saturated heterocycles. The highest BCUT2D eigenvalue weighted by Crippen LogP contribution is 2.33. The van der Waals surface area contributed by atoms with Crippen molar-refractivity contribution in [2.24, 2.45) is 0 Å². The molecule has 2 aromatic carbocycles. The summed E-state index contributed by atoms with van der Waals surface area (Å²) in [5.74, 6) is 4.77. The molecule has 0 spiro atoms. The minimum atomic E-state index is -4.65. The first-order chi connectivity index (χ1) is 14.4. The Morgan fingerprint density at radius 3 is 2.47 bits per heavy atom. The highest BCUT2D eigenvalue weighted by molar-refractivity contribution is 5.56. The van der Waals surface area contributed by atoms with Gasteiger partial charge in [-0.15, -0.1) is 0 Å². The van der Waals surface area contributed by atoms with Gasteiger partial charge in [0.1, 0.15) is 11.8 Å². The Morgan fingerprint density at radius 2 is 1.77 bits per heavy atom. The summed E-state index contributed by atoms with van der Waals surface area (Å²) in [6, 6.07) is 10.0. The van der Waals surface area contributed by atoms with Gasteiger partial charge >= 0.3 is 6.18 Å². The first-order valence-electron chi connectivity index (χ1n) is 9.46. The van der Waals surface area contributed by atoms with Crippen LogP contribution in [0.2, 0.25) is 0 Å². The molecule has 2 aromatic rings.